The van der Waals surface area contributed by atoms with E-state index < -0.39 is 11.9 Å². The number of benzene rings is 1. The van der Waals surface area contributed by atoms with Gasteiger partial charge in [0.25, 0.3) is 0 Å². The first-order valence-electron chi connectivity index (χ1n) is 11.4. The maximum Gasteiger partial charge on any atom is 0.336 e. The molecule has 7 heteroatoms. The summed E-state index contributed by atoms with van der Waals surface area (Å²) in [5, 5.41) is 9.45. The Morgan fingerprint density at radius 3 is 2.39 bits per heavy atom. The second kappa shape index (κ2) is 8.45. The third kappa shape index (κ3) is 4.34. The molecule has 1 aromatic carbocycles. The number of carbonyl (C=O) groups is 3. The van der Waals surface area contributed by atoms with Crippen LogP contribution in [0.1, 0.15) is 50.9 Å². The third-order valence-corrected chi connectivity index (χ3v) is 7.78. The van der Waals surface area contributed by atoms with E-state index in [1.165, 1.54) is 0 Å². The normalized spacial score (nSPS) is 20.2. The molecule has 0 spiro atoms. The Bertz CT molecular complexity index is 1120. The van der Waals surface area contributed by atoms with Crippen LogP contribution in [0.2, 0.25) is 0 Å². The van der Waals surface area contributed by atoms with Crippen molar-refractivity contribution in [3.8, 4) is 5.75 Å². The second-order valence-corrected chi connectivity index (χ2v) is 10.3. The lowest BCUT2D eigenvalue weighted by atomic mass is 10.0. The maximum absolute atomic E-state index is 13.7. The Hall–Kier alpha value is -2.93. The molecular formula is C26H31NO6. The predicted octanol–water partition coefficient (Wildman–Crippen LogP) is 4.48. The highest BCUT2D eigenvalue weighted by molar-refractivity contribution is 6.11. The average Bonchev–Trinajstić information content (AvgIpc) is 3.00. The molecule has 2 fully saturated rings. The average molecular weight is 454 g/mol. The fraction of sp³-hybridized carbons (Fsp3) is 0.500. The number of ether oxygens (including phenoxy) is 2. The number of carbonyl (C=O) groups excluding carboxylic acids is 2. The van der Waals surface area contributed by atoms with Gasteiger partial charge in [-0.15, -0.1) is 0 Å². The zero-order valence-electron chi connectivity index (χ0n) is 19.6. The van der Waals surface area contributed by atoms with E-state index >= 15 is 0 Å². The highest BCUT2D eigenvalue weighted by Crippen LogP contribution is 2.69. The van der Waals surface area contributed by atoms with Crippen LogP contribution < -0.4 is 4.74 Å². The lowest BCUT2D eigenvalue weighted by Crippen LogP contribution is -2.20. The third-order valence-electron chi connectivity index (χ3n) is 7.78. The molecule has 1 N–H and O–H groups in total. The van der Waals surface area contributed by atoms with Crippen molar-refractivity contribution in [3.05, 3.63) is 42.1 Å². The number of esters is 1. The molecule has 0 unspecified atom stereocenters. The number of carboxylic acids is 1. The molecule has 33 heavy (non-hydrogen) atoms. The first-order valence-corrected chi connectivity index (χ1v) is 11.4. The highest BCUT2D eigenvalue weighted by Gasteiger charge is 2.68. The van der Waals surface area contributed by atoms with Gasteiger partial charge in [0.05, 0.1) is 0 Å². The summed E-state index contributed by atoms with van der Waals surface area (Å²) in [4.78, 5) is 36.3. The van der Waals surface area contributed by atoms with Crippen molar-refractivity contribution in [3.63, 3.8) is 0 Å². The molecule has 0 atom stereocenters. The molecule has 1 aromatic heterocycles. The molecule has 1 aliphatic carbocycles. The largest absolute Gasteiger partial charge is 0.478 e. The van der Waals surface area contributed by atoms with E-state index in [0.29, 0.717) is 11.5 Å². The lowest BCUT2D eigenvalue weighted by molar-refractivity contribution is -0.133. The van der Waals surface area contributed by atoms with Crippen molar-refractivity contribution in [2.45, 2.75) is 47.1 Å². The van der Waals surface area contributed by atoms with Gasteiger partial charge in [0.15, 0.2) is 5.78 Å². The number of nitrogens with zero attached hydrogens (tertiary/aromatic N) is 1. The highest BCUT2D eigenvalue weighted by atomic mass is 16.5. The molecule has 1 saturated carbocycles. The van der Waals surface area contributed by atoms with Gasteiger partial charge < -0.3 is 19.1 Å². The summed E-state index contributed by atoms with van der Waals surface area (Å²) >= 11 is 0. The van der Waals surface area contributed by atoms with Gasteiger partial charge in [-0.1, -0.05) is 27.7 Å². The van der Waals surface area contributed by atoms with E-state index in [0.717, 1.165) is 55.7 Å². The number of rotatable bonds is 7. The molecular weight excluding hydrogens is 422 g/mol. The molecule has 1 aliphatic heterocycles. The molecule has 176 valence electrons. The van der Waals surface area contributed by atoms with Crippen LogP contribution in [-0.2, 0) is 20.9 Å². The monoisotopic (exact) mass is 453 g/mol. The zero-order valence-corrected chi connectivity index (χ0v) is 19.6. The second-order valence-electron chi connectivity index (χ2n) is 10.3. The van der Waals surface area contributed by atoms with Gasteiger partial charge in [0.2, 0.25) is 0 Å². The lowest BCUT2D eigenvalue weighted by Gasteiger charge is -2.22. The number of fused-ring (bicyclic) bond motifs is 1. The molecule has 4 rings (SSSR count). The summed E-state index contributed by atoms with van der Waals surface area (Å²) in [7, 11) is 0. The van der Waals surface area contributed by atoms with E-state index in [1.807, 2.05) is 12.3 Å². The Labute approximate surface area is 193 Å². The Kier molecular flexibility index (Phi) is 5.95. The van der Waals surface area contributed by atoms with Crippen molar-refractivity contribution >= 4 is 28.6 Å². The summed E-state index contributed by atoms with van der Waals surface area (Å²) in [6.07, 6.45) is 5.51. The van der Waals surface area contributed by atoms with E-state index in [-0.39, 0.29) is 28.3 Å². The van der Waals surface area contributed by atoms with Crippen LogP contribution in [0.3, 0.4) is 0 Å². The summed E-state index contributed by atoms with van der Waals surface area (Å²) < 4.78 is 12.9. The van der Waals surface area contributed by atoms with Gasteiger partial charge in [0, 0.05) is 60.5 Å². The van der Waals surface area contributed by atoms with Crippen molar-refractivity contribution < 1.29 is 29.0 Å². The number of Topliss-reactive ketones (excluding diaryl/α,β-unsaturated/α-hetero) is 1. The number of carboxylic acid groups (broad SMARTS) is 1. The summed E-state index contributed by atoms with van der Waals surface area (Å²) in [6, 6.07) is 5.24. The Morgan fingerprint density at radius 2 is 1.79 bits per heavy atom. The number of aromatic nitrogens is 1. The van der Waals surface area contributed by atoms with Crippen LogP contribution in [0.25, 0.3) is 10.9 Å². The summed E-state index contributed by atoms with van der Waals surface area (Å²) in [6.45, 7) is 10.8. The van der Waals surface area contributed by atoms with Crippen LogP contribution in [0.15, 0.2) is 36.5 Å². The van der Waals surface area contributed by atoms with E-state index in [2.05, 4.69) is 32.3 Å². The fourth-order valence-corrected chi connectivity index (χ4v) is 5.19. The van der Waals surface area contributed by atoms with E-state index in [4.69, 9.17) is 14.6 Å². The summed E-state index contributed by atoms with van der Waals surface area (Å²) in [5.74, 6) is -1.24. The number of aliphatic carboxylic acids is 1. The van der Waals surface area contributed by atoms with Crippen LogP contribution in [0.5, 0.6) is 5.75 Å². The van der Waals surface area contributed by atoms with Crippen LogP contribution in [-0.4, -0.2) is 40.6 Å². The maximum atomic E-state index is 13.7. The van der Waals surface area contributed by atoms with Gasteiger partial charge >= 0.3 is 11.9 Å². The minimum atomic E-state index is -1.23. The van der Waals surface area contributed by atoms with Crippen LogP contribution in [0.4, 0.5) is 0 Å². The smallest absolute Gasteiger partial charge is 0.336 e. The quantitative estimate of drug-likeness (QED) is 0.287. The first kappa shape index (κ1) is 23.2. The Balaban J connectivity index is 1.70. The molecule has 0 radical (unpaired) electrons. The zero-order chi connectivity index (χ0) is 24.0. The SMILES string of the molecule is CC1(C)C(C(=O)c2cn(CC3CCOCC3)c3ccc(OC(=O)/C=C/C(=O)O)cc23)C1(C)C. The first-order chi connectivity index (χ1) is 15.5. The molecule has 2 aromatic rings. The number of ketones is 1. The van der Waals surface area contributed by atoms with Crippen molar-refractivity contribution in [1.82, 2.24) is 4.57 Å². The summed E-state index contributed by atoms with van der Waals surface area (Å²) in [5.41, 5.74) is 1.37. The minimum absolute atomic E-state index is 0.0863. The molecule has 0 amide bonds. The molecule has 1 saturated heterocycles. The number of hydrogen-bond acceptors (Lipinski definition) is 5. The molecule has 7 nitrogen and oxygen atoms in total. The number of hydrogen-bond donors (Lipinski definition) is 1. The van der Waals surface area contributed by atoms with Gasteiger partial charge in [-0.05, 0) is 47.8 Å². The van der Waals surface area contributed by atoms with Crippen LogP contribution >= 0.6 is 0 Å². The van der Waals surface area contributed by atoms with Gasteiger partial charge in [-0.2, -0.15) is 0 Å². The molecule has 0 bridgehead atoms. The van der Waals surface area contributed by atoms with E-state index in [1.54, 1.807) is 12.1 Å². The van der Waals surface area contributed by atoms with Crippen molar-refractivity contribution in [1.29, 1.82) is 0 Å². The molecule has 2 heterocycles. The van der Waals surface area contributed by atoms with Crippen LogP contribution in [0, 0.1) is 22.7 Å². The minimum Gasteiger partial charge on any atom is -0.478 e. The Morgan fingerprint density at radius 1 is 1.12 bits per heavy atom. The topological polar surface area (TPSA) is 94.8 Å². The fourth-order valence-electron chi connectivity index (χ4n) is 5.19. The van der Waals surface area contributed by atoms with Gasteiger partial charge in [-0.3, -0.25) is 4.79 Å². The standard InChI is InChI=1S/C26H31NO6/c1-25(2)24(26(25,3)4)23(31)19-15-27(14-16-9-11-32-12-10-16)20-6-5-17(13-18(19)20)33-22(30)8-7-21(28)29/h5-8,13,15-16,24H,9-12,14H2,1-4H3,(H,28,29)/b8-7+. The molecule has 2 aliphatic rings. The van der Waals surface area contributed by atoms with Crippen molar-refractivity contribution in [2.24, 2.45) is 22.7 Å². The van der Waals surface area contributed by atoms with E-state index in [9.17, 15) is 14.4 Å². The van der Waals surface area contributed by atoms with Gasteiger partial charge in [0.1, 0.15) is 5.75 Å². The predicted molar refractivity (Wildman–Crippen MR) is 123 cm³/mol. The van der Waals surface area contributed by atoms with Gasteiger partial charge in [-0.25, -0.2) is 9.59 Å². The van der Waals surface area contributed by atoms with Crippen molar-refractivity contribution in [2.75, 3.05) is 13.2 Å².